The Hall–Kier alpha value is -2.43. The van der Waals surface area contributed by atoms with Crippen molar-refractivity contribution in [3.8, 4) is 0 Å². The molecule has 0 fully saturated rings. The zero-order valence-corrected chi connectivity index (χ0v) is 12.7. The van der Waals surface area contributed by atoms with Gasteiger partial charge < -0.3 is 5.32 Å². The number of nitrogens with zero attached hydrogens (tertiary/aromatic N) is 3. The molecule has 0 saturated heterocycles. The van der Waals surface area contributed by atoms with Crippen molar-refractivity contribution in [2.24, 2.45) is 5.41 Å². The van der Waals surface area contributed by atoms with Crippen LogP contribution in [0.5, 0.6) is 0 Å². The van der Waals surface area contributed by atoms with Crippen LogP contribution in [0.4, 0.5) is 5.95 Å². The lowest BCUT2D eigenvalue weighted by molar-refractivity contribution is -0.118. The number of carbonyl (C=O) groups excluding carboxylic acids is 1. The highest BCUT2D eigenvalue weighted by Gasteiger charge is 2.41. The fourth-order valence-corrected chi connectivity index (χ4v) is 3.49. The van der Waals surface area contributed by atoms with Gasteiger partial charge in [-0.1, -0.05) is 44.2 Å². The fourth-order valence-electron chi connectivity index (χ4n) is 3.49. The summed E-state index contributed by atoms with van der Waals surface area (Å²) >= 11 is 0. The van der Waals surface area contributed by atoms with E-state index in [2.05, 4.69) is 29.2 Å². The number of hydrogen-bond acceptors (Lipinski definition) is 4. The highest BCUT2D eigenvalue weighted by molar-refractivity contribution is 6.00. The highest BCUT2D eigenvalue weighted by atomic mass is 16.1. The number of benzene rings is 1. The zero-order chi connectivity index (χ0) is 15.3. The fraction of sp³-hybridized carbons (Fsp3) is 0.353. The standard InChI is InChI=1S/C17H18N4O/c1-17(2)8-12-14(13(22)9-17)15(11-6-4-3-5-7-11)21-16(20-12)18-10-19-21/h3-7,10,15H,8-9H2,1-2H3,(H,18,19,20)/t15-/m1/s1. The van der Waals surface area contributed by atoms with Crippen molar-refractivity contribution in [3.63, 3.8) is 0 Å². The van der Waals surface area contributed by atoms with Crippen molar-refractivity contribution in [2.75, 3.05) is 5.32 Å². The number of ketones is 1. The summed E-state index contributed by atoms with van der Waals surface area (Å²) in [5, 5.41) is 7.65. The molecule has 1 aliphatic carbocycles. The van der Waals surface area contributed by atoms with E-state index >= 15 is 0 Å². The van der Waals surface area contributed by atoms with E-state index in [1.165, 1.54) is 6.33 Å². The Morgan fingerprint density at radius 2 is 2.00 bits per heavy atom. The molecule has 22 heavy (non-hydrogen) atoms. The number of rotatable bonds is 1. The third kappa shape index (κ3) is 1.96. The van der Waals surface area contributed by atoms with E-state index in [9.17, 15) is 4.79 Å². The minimum absolute atomic E-state index is 0.0215. The van der Waals surface area contributed by atoms with Crippen LogP contribution in [0.3, 0.4) is 0 Å². The minimum Gasteiger partial charge on any atom is -0.328 e. The Morgan fingerprint density at radius 1 is 1.23 bits per heavy atom. The van der Waals surface area contributed by atoms with Crippen molar-refractivity contribution in [1.82, 2.24) is 14.8 Å². The van der Waals surface area contributed by atoms with Crippen molar-refractivity contribution >= 4 is 11.7 Å². The lowest BCUT2D eigenvalue weighted by atomic mass is 9.73. The summed E-state index contributed by atoms with van der Waals surface area (Å²) in [6, 6.07) is 9.86. The molecule has 5 nitrogen and oxygen atoms in total. The van der Waals surface area contributed by atoms with Gasteiger partial charge in [0.2, 0.25) is 5.95 Å². The summed E-state index contributed by atoms with van der Waals surface area (Å²) in [4.78, 5) is 17.1. The predicted octanol–water partition coefficient (Wildman–Crippen LogP) is 2.94. The lowest BCUT2D eigenvalue weighted by Gasteiger charge is -2.38. The molecule has 4 rings (SSSR count). The molecule has 0 amide bonds. The van der Waals surface area contributed by atoms with Crippen LogP contribution in [0, 0.1) is 5.41 Å². The molecule has 1 aliphatic heterocycles. The topological polar surface area (TPSA) is 59.8 Å². The summed E-state index contributed by atoms with van der Waals surface area (Å²) in [5.41, 5.74) is 2.88. The lowest BCUT2D eigenvalue weighted by Crippen LogP contribution is -2.36. The summed E-state index contributed by atoms with van der Waals surface area (Å²) in [6.45, 7) is 4.26. The number of aromatic nitrogens is 3. The SMILES string of the molecule is CC1(C)CC(=O)C2=C(C1)Nc1ncnn1[C@@H]2c1ccccc1. The second kappa shape index (κ2) is 4.53. The monoisotopic (exact) mass is 294 g/mol. The number of nitrogens with one attached hydrogen (secondary N) is 1. The Balaban J connectivity index is 1.91. The van der Waals surface area contributed by atoms with Gasteiger partial charge in [0.25, 0.3) is 0 Å². The quantitative estimate of drug-likeness (QED) is 0.878. The molecular weight excluding hydrogens is 276 g/mol. The molecule has 0 unspecified atom stereocenters. The largest absolute Gasteiger partial charge is 0.328 e. The van der Waals surface area contributed by atoms with Gasteiger partial charge >= 0.3 is 0 Å². The van der Waals surface area contributed by atoms with Gasteiger partial charge in [0.05, 0.1) is 0 Å². The van der Waals surface area contributed by atoms with Crippen LogP contribution in [-0.2, 0) is 4.79 Å². The third-order valence-corrected chi connectivity index (χ3v) is 4.39. The van der Waals surface area contributed by atoms with Gasteiger partial charge in [0.1, 0.15) is 12.4 Å². The van der Waals surface area contributed by atoms with Gasteiger partial charge in [-0.15, -0.1) is 0 Å². The molecule has 2 aliphatic rings. The van der Waals surface area contributed by atoms with Gasteiger partial charge in [-0.3, -0.25) is 4.79 Å². The first-order valence-electron chi connectivity index (χ1n) is 7.53. The smallest absolute Gasteiger partial charge is 0.226 e. The first kappa shape index (κ1) is 13.2. The van der Waals surface area contributed by atoms with E-state index in [0.29, 0.717) is 12.4 Å². The average Bonchev–Trinajstić information content (AvgIpc) is 2.92. The van der Waals surface area contributed by atoms with Crippen molar-refractivity contribution in [2.45, 2.75) is 32.7 Å². The number of carbonyl (C=O) groups is 1. The Bertz CT molecular complexity index is 773. The van der Waals surface area contributed by atoms with Gasteiger partial charge in [-0.25, -0.2) is 4.68 Å². The van der Waals surface area contributed by atoms with Crippen molar-refractivity contribution < 1.29 is 4.79 Å². The van der Waals surface area contributed by atoms with Crippen molar-refractivity contribution in [1.29, 1.82) is 0 Å². The van der Waals surface area contributed by atoms with Gasteiger partial charge in [0, 0.05) is 17.7 Å². The van der Waals surface area contributed by atoms with Crippen LogP contribution >= 0.6 is 0 Å². The molecular formula is C17H18N4O. The summed E-state index contributed by atoms with van der Waals surface area (Å²) in [7, 11) is 0. The normalized spacial score (nSPS) is 22.8. The Labute approximate surface area is 129 Å². The summed E-state index contributed by atoms with van der Waals surface area (Å²) in [6.07, 6.45) is 2.96. The Kier molecular flexibility index (Phi) is 2.73. The van der Waals surface area contributed by atoms with Crippen LogP contribution < -0.4 is 5.32 Å². The van der Waals surface area contributed by atoms with Gasteiger partial charge in [-0.2, -0.15) is 10.1 Å². The highest BCUT2D eigenvalue weighted by Crippen LogP contribution is 2.44. The molecule has 2 aromatic rings. The Morgan fingerprint density at radius 3 is 2.77 bits per heavy atom. The van der Waals surface area contributed by atoms with Crippen molar-refractivity contribution in [3.05, 3.63) is 53.5 Å². The van der Waals surface area contributed by atoms with Crippen LogP contribution in [0.2, 0.25) is 0 Å². The van der Waals surface area contributed by atoms with Crippen LogP contribution in [-0.4, -0.2) is 20.5 Å². The molecule has 0 bridgehead atoms. The molecule has 0 saturated carbocycles. The van der Waals surface area contributed by atoms with E-state index in [-0.39, 0.29) is 17.2 Å². The van der Waals surface area contributed by atoms with Crippen LogP contribution in [0.25, 0.3) is 0 Å². The molecule has 2 heterocycles. The molecule has 112 valence electrons. The predicted molar refractivity (Wildman–Crippen MR) is 83.3 cm³/mol. The van der Waals surface area contributed by atoms with Gasteiger partial charge in [-0.05, 0) is 17.4 Å². The minimum atomic E-state index is -0.182. The van der Waals surface area contributed by atoms with E-state index < -0.39 is 0 Å². The maximum atomic E-state index is 12.8. The third-order valence-electron chi connectivity index (χ3n) is 4.39. The van der Waals surface area contributed by atoms with Crippen LogP contribution in [0.15, 0.2) is 47.9 Å². The molecule has 1 atom stereocenters. The molecule has 1 N–H and O–H groups in total. The van der Waals surface area contributed by atoms with Crippen LogP contribution in [0.1, 0.15) is 38.3 Å². The molecule has 1 aromatic heterocycles. The van der Waals surface area contributed by atoms with E-state index in [0.717, 1.165) is 23.3 Å². The van der Waals surface area contributed by atoms with Gasteiger partial charge in [0.15, 0.2) is 5.78 Å². The number of anilines is 1. The van der Waals surface area contributed by atoms with E-state index in [4.69, 9.17) is 0 Å². The first-order chi connectivity index (χ1) is 10.6. The number of hydrogen-bond donors (Lipinski definition) is 1. The zero-order valence-electron chi connectivity index (χ0n) is 12.7. The second-order valence-electron chi connectivity index (χ2n) is 6.80. The average molecular weight is 294 g/mol. The number of Topliss-reactive ketones (excluding diaryl/α,β-unsaturated/α-hetero) is 1. The van der Waals surface area contributed by atoms with E-state index in [1.807, 2.05) is 35.0 Å². The molecule has 1 aromatic carbocycles. The number of allylic oxidation sites excluding steroid dienone is 2. The molecule has 0 radical (unpaired) electrons. The first-order valence-corrected chi connectivity index (χ1v) is 7.53. The molecule has 0 spiro atoms. The summed E-state index contributed by atoms with van der Waals surface area (Å²) < 4.78 is 1.81. The van der Waals surface area contributed by atoms with E-state index in [1.54, 1.807) is 0 Å². The second-order valence-corrected chi connectivity index (χ2v) is 6.80. The number of fused-ring (bicyclic) bond motifs is 1. The maximum absolute atomic E-state index is 12.8. The molecule has 5 heteroatoms. The maximum Gasteiger partial charge on any atom is 0.226 e. The summed E-state index contributed by atoms with van der Waals surface area (Å²) in [5.74, 6) is 0.909.